The molecule has 3 N–H and O–H groups in total. The molecule has 0 unspecified atom stereocenters. The summed E-state index contributed by atoms with van der Waals surface area (Å²) in [6.07, 6.45) is 5.37. The molecule has 0 bridgehead atoms. The quantitative estimate of drug-likeness (QED) is 0.197. The van der Waals surface area contributed by atoms with Gasteiger partial charge in [0.1, 0.15) is 17.3 Å². The zero-order chi connectivity index (χ0) is 32.3. The van der Waals surface area contributed by atoms with E-state index in [9.17, 15) is 22.4 Å². The number of carbonyl (C=O) groups is 2. The van der Waals surface area contributed by atoms with Gasteiger partial charge in [-0.1, -0.05) is 6.92 Å². The molecule has 1 aliphatic rings. The molecule has 0 spiro atoms. The fourth-order valence-corrected chi connectivity index (χ4v) is 6.04. The van der Waals surface area contributed by atoms with Crippen LogP contribution in [0.25, 0.3) is 22.2 Å². The van der Waals surface area contributed by atoms with E-state index < -0.39 is 44.8 Å². The summed E-state index contributed by atoms with van der Waals surface area (Å²) in [4.78, 5) is 40.5. The second-order valence-corrected chi connectivity index (χ2v) is 12.5. The van der Waals surface area contributed by atoms with E-state index in [1.54, 1.807) is 25.4 Å². The maximum atomic E-state index is 15.4. The fraction of sp³-hybridized carbons (Fsp3) is 0.333. The lowest BCUT2D eigenvalue weighted by Gasteiger charge is -2.35. The molecular weight excluding hydrogens is 608 g/mol. The van der Waals surface area contributed by atoms with Crippen molar-refractivity contribution in [2.75, 3.05) is 55.9 Å². The molecule has 4 heterocycles. The smallest absolute Gasteiger partial charge is 0.303 e. The van der Waals surface area contributed by atoms with E-state index in [1.807, 2.05) is 12.1 Å². The number of carboxylic acids is 1. The number of pyridine rings is 2. The molecule has 238 valence electrons. The Balaban J connectivity index is 1.35. The van der Waals surface area contributed by atoms with Gasteiger partial charge in [-0.15, -0.1) is 0 Å². The highest BCUT2D eigenvalue weighted by Gasteiger charge is 2.27. The van der Waals surface area contributed by atoms with Gasteiger partial charge >= 0.3 is 16.2 Å². The van der Waals surface area contributed by atoms with Crippen molar-refractivity contribution in [3.63, 3.8) is 0 Å². The topological polar surface area (TPSA) is 152 Å². The number of halogens is 2. The first-order chi connectivity index (χ1) is 21.5. The molecule has 0 saturated carbocycles. The summed E-state index contributed by atoms with van der Waals surface area (Å²) in [6, 6.07) is 7.20. The summed E-state index contributed by atoms with van der Waals surface area (Å²) >= 11 is 0. The maximum Gasteiger partial charge on any atom is 0.303 e. The SMILES string of the molecule is CCN(C)S(=O)(=O)Nc1ccc(F)c(C(=O)c2c[nH]c3ncc(-c4ccc(N5CCN(CCCC(=O)O)CC5)nc4)cc23)c1F. The molecule has 0 atom stereocenters. The molecule has 15 heteroatoms. The van der Waals surface area contributed by atoms with E-state index in [-0.39, 0.29) is 18.5 Å². The predicted molar refractivity (Wildman–Crippen MR) is 165 cm³/mol. The summed E-state index contributed by atoms with van der Waals surface area (Å²) in [5, 5.41) is 9.17. The van der Waals surface area contributed by atoms with Gasteiger partial charge in [0.05, 0.1) is 11.3 Å². The summed E-state index contributed by atoms with van der Waals surface area (Å²) in [5.41, 5.74) is 0.194. The van der Waals surface area contributed by atoms with Crippen LogP contribution in [0.5, 0.6) is 0 Å². The number of benzene rings is 1. The van der Waals surface area contributed by atoms with Crippen LogP contribution in [0.2, 0.25) is 0 Å². The number of ketones is 1. The number of fused-ring (bicyclic) bond motifs is 1. The third kappa shape index (κ3) is 6.95. The molecule has 1 saturated heterocycles. The van der Waals surface area contributed by atoms with Crippen LogP contribution >= 0.6 is 0 Å². The highest BCUT2D eigenvalue weighted by atomic mass is 32.2. The zero-order valence-corrected chi connectivity index (χ0v) is 25.6. The van der Waals surface area contributed by atoms with Gasteiger partial charge in [-0.25, -0.2) is 18.7 Å². The van der Waals surface area contributed by atoms with Crippen molar-refractivity contribution in [2.45, 2.75) is 19.8 Å². The Morgan fingerprint density at radius 1 is 1.07 bits per heavy atom. The van der Waals surface area contributed by atoms with Crippen molar-refractivity contribution in [3.05, 3.63) is 71.7 Å². The van der Waals surface area contributed by atoms with E-state index in [0.29, 0.717) is 28.6 Å². The normalized spacial score (nSPS) is 14.3. The van der Waals surface area contributed by atoms with Crippen molar-refractivity contribution in [2.24, 2.45) is 0 Å². The van der Waals surface area contributed by atoms with Crippen molar-refractivity contribution in [1.29, 1.82) is 0 Å². The molecule has 5 rings (SSSR count). The summed E-state index contributed by atoms with van der Waals surface area (Å²) in [5.74, 6) is -3.43. The van der Waals surface area contributed by atoms with Crippen molar-refractivity contribution in [1.82, 2.24) is 24.2 Å². The Morgan fingerprint density at radius 3 is 2.47 bits per heavy atom. The third-order valence-corrected chi connectivity index (χ3v) is 9.39. The number of aromatic nitrogens is 3. The highest BCUT2D eigenvalue weighted by Crippen LogP contribution is 2.30. The summed E-state index contributed by atoms with van der Waals surface area (Å²) < 4.78 is 58.2. The number of hydrogen-bond acceptors (Lipinski definition) is 8. The number of carboxylic acid groups (broad SMARTS) is 1. The molecule has 12 nitrogen and oxygen atoms in total. The molecule has 1 aromatic carbocycles. The maximum absolute atomic E-state index is 15.4. The monoisotopic (exact) mass is 641 g/mol. The molecule has 4 aromatic rings. The summed E-state index contributed by atoms with van der Waals surface area (Å²) in [6.45, 7) is 5.57. The van der Waals surface area contributed by atoms with Gasteiger partial charge in [0.25, 0.3) is 0 Å². The highest BCUT2D eigenvalue weighted by molar-refractivity contribution is 7.90. The largest absolute Gasteiger partial charge is 0.481 e. The Kier molecular flexibility index (Phi) is 9.41. The van der Waals surface area contributed by atoms with Crippen LogP contribution in [0, 0.1) is 11.6 Å². The van der Waals surface area contributed by atoms with Gasteiger partial charge in [-0.05, 0) is 43.3 Å². The van der Waals surface area contributed by atoms with Crippen LogP contribution in [-0.2, 0) is 15.0 Å². The van der Waals surface area contributed by atoms with Gasteiger partial charge in [-0.3, -0.25) is 19.2 Å². The number of hydrogen-bond donors (Lipinski definition) is 3. The first kappa shape index (κ1) is 31.9. The van der Waals surface area contributed by atoms with Gasteiger partial charge in [0.2, 0.25) is 5.78 Å². The lowest BCUT2D eigenvalue weighted by atomic mass is 10.00. The number of nitrogens with one attached hydrogen (secondary N) is 2. The Morgan fingerprint density at radius 2 is 1.80 bits per heavy atom. The van der Waals surface area contributed by atoms with Gasteiger partial charge in [0, 0.05) is 86.9 Å². The first-order valence-electron chi connectivity index (χ1n) is 14.4. The zero-order valence-electron chi connectivity index (χ0n) is 24.8. The first-order valence-corrected chi connectivity index (χ1v) is 15.8. The van der Waals surface area contributed by atoms with Crippen molar-refractivity contribution in [3.8, 4) is 11.1 Å². The van der Waals surface area contributed by atoms with Crippen LogP contribution < -0.4 is 9.62 Å². The molecule has 3 aromatic heterocycles. The van der Waals surface area contributed by atoms with E-state index >= 15 is 4.39 Å². The van der Waals surface area contributed by atoms with E-state index in [4.69, 9.17) is 5.11 Å². The minimum absolute atomic E-state index is 0.0337. The van der Waals surface area contributed by atoms with Crippen LogP contribution in [0.4, 0.5) is 20.3 Å². The van der Waals surface area contributed by atoms with Gasteiger partial charge < -0.3 is 15.0 Å². The Labute approximate surface area is 258 Å². The van der Waals surface area contributed by atoms with E-state index in [0.717, 1.165) is 55.0 Å². The van der Waals surface area contributed by atoms with Crippen molar-refractivity contribution >= 4 is 44.5 Å². The standard InChI is InChI=1S/C30H33F2N7O5S/c1-3-37(2)45(43,44)36-24-8-7-23(31)27(28(24)32)29(42)22-18-35-30-21(22)15-20(17-34-30)19-6-9-25(33-16-19)39-13-11-38(12-14-39)10-4-5-26(40)41/h6-9,15-18,36H,3-5,10-14H2,1-2H3,(H,34,35)(H,40,41). The molecule has 45 heavy (non-hydrogen) atoms. The summed E-state index contributed by atoms with van der Waals surface area (Å²) in [7, 11) is -2.82. The second kappa shape index (κ2) is 13.3. The van der Waals surface area contributed by atoms with E-state index in [2.05, 4.69) is 29.5 Å². The third-order valence-electron chi connectivity index (χ3n) is 7.83. The molecular formula is C30H33F2N7O5S. The van der Waals surface area contributed by atoms with Crippen molar-refractivity contribution < 1.29 is 31.9 Å². The fourth-order valence-electron chi connectivity index (χ4n) is 5.11. The Hall–Kier alpha value is -4.47. The van der Waals surface area contributed by atoms with Crippen LogP contribution in [0.15, 0.2) is 48.9 Å². The molecule has 0 radical (unpaired) electrons. The number of nitrogens with zero attached hydrogens (tertiary/aromatic N) is 5. The number of carbonyl (C=O) groups excluding carboxylic acids is 1. The average Bonchev–Trinajstić information content (AvgIpc) is 3.46. The lowest BCUT2D eigenvalue weighted by Crippen LogP contribution is -2.46. The molecule has 1 fully saturated rings. The number of piperazine rings is 1. The molecule has 0 amide bonds. The second-order valence-electron chi connectivity index (χ2n) is 10.7. The average molecular weight is 642 g/mol. The van der Waals surface area contributed by atoms with Gasteiger partial charge in [0.15, 0.2) is 5.82 Å². The van der Waals surface area contributed by atoms with Gasteiger partial charge in [-0.2, -0.15) is 12.7 Å². The number of rotatable bonds is 12. The Bertz CT molecular complexity index is 1820. The van der Waals surface area contributed by atoms with Crippen LogP contribution in [0.3, 0.4) is 0 Å². The minimum atomic E-state index is -4.12. The van der Waals surface area contributed by atoms with Crippen LogP contribution in [-0.4, -0.2) is 95.8 Å². The molecule has 0 aliphatic carbocycles. The lowest BCUT2D eigenvalue weighted by molar-refractivity contribution is -0.137. The number of aliphatic carboxylic acids is 1. The van der Waals surface area contributed by atoms with E-state index in [1.165, 1.54) is 13.2 Å². The number of anilines is 2. The number of H-pyrrole nitrogens is 1. The predicted octanol–water partition coefficient (Wildman–Crippen LogP) is 3.73. The molecule has 1 aliphatic heterocycles. The van der Waals surface area contributed by atoms with Crippen LogP contribution in [0.1, 0.15) is 35.7 Å². The minimum Gasteiger partial charge on any atom is -0.481 e. The number of aromatic amines is 1.